The number of aromatic nitrogens is 3. The number of esters is 1. The molecule has 0 aliphatic rings. The molecule has 0 saturated heterocycles. The smallest absolute Gasteiger partial charge is 0.358 e. The van der Waals surface area contributed by atoms with Crippen LogP contribution in [0.3, 0.4) is 0 Å². The number of aryl methyl sites for hydroxylation is 1. The summed E-state index contributed by atoms with van der Waals surface area (Å²) in [6.45, 7) is 3.95. The van der Waals surface area contributed by atoms with Gasteiger partial charge in [0.1, 0.15) is 10.7 Å². The normalized spacial score (nSPS) is 10.2. The highest BCUT2D eigenvalue weighted by atomic mass is 32.1. The van der Waals surface area contributed by atoms with Crippen LogP contribution in [0.4, 0.5) is 0 Å². The van der Waals surface area contributed by atoms with Gasteiger partial charge in [0, 0.05) is 17.3 Å². The lowest BCUT2D eigenvalue weighted by Crippen LogP contribution is -2.06. The monoisotopic (exact) mass is 249 g/mol. The van der Waals surface area contributed by atoms with Gasteiger partial charge in [0.05, 0.1) is 12.8 Å². The lowest BCUT2D eigenvalue weighted by Gasteiger charge is -1.97. The van der Waals surface area contributed by atoms with Crippen LogP contribution in [0.5, 0.6) is 0 Å². The fourth-order valence-corrected chi connectivity index (χ4v) is 2.17. The molecule has 0 N–H and O–H groups in total. The third-order valence-corrected chi connectivity index (χ3v) is 3.04. The molecular weight excluding hydrogens is 238 g/mol. The molecule has 2 aromatic heterocycles. The number of nitrogens with zero attached hydrogens (tertiary/aromatic N) is 3. The van der Waals surface area contributed by atoms with Crippen molar-refractivity contribution in [2.75, 3.05) is 6.61 Å². The van der Waals surface area contributed by atoms with Crippen LogP contribution in [-0.2, 0) is 4.74 Å². The Morgan fingerprint density at radius 2 is 2.29 bits per heavy atom. The fourth-order valence-electron chi connectivity index (χ4n) is 1.30. The van der Waals surface area contributed by atoms with Gasteiger partial charge in [0.15, 0.2) is 5.69 Å². The molecule has 0 spiro atoms. The first kappa shape index (κ1) is 11.7. The summed E-state index contributed by atoms with van der Waals surface area (Å²) in [7, 11) is 0. The number of hydrogen-bond acceptors (Lipinski definition) is 6. The Bertz CT molecular complexity index is 525. The van der Waals surface area contributed by atoms with E-state index in [-0.39, 0.29) is 0 Å². The van der Waals surface area contributed by atoms with Crippen LogP contribution < -0.4 is 0 Å². The van der Waals surface area contributed by atoms with Gasteiger partial charge in [-0.3, -0.25) is 9.97 Å². The summed E-state index contributed by atoms with van der Waals surface area (Å²) < 4.78 is 4.93. The van der Waals surface area contributed by atoms with Crippen molar-refractivity contribution in [2.24, 2.45) is 0 Å². The third-order valence-electron chi connectivity index (χ3n) is 2.05. The van der Waals surface area contributed by atoms with E-state index >= 15 is 0 Å². The van der Waals surface area contributed by atoms with E-state index < -0.39 is 5.97 Å². The maximum Gasteiger partial charge on any atom is 0.358 e. The van der Waals surface area contributed by atoms with Crippen molar-refractivity contribution in [1.29, 1.82) is 0 Å². The minimum Gasteiger partial charge on any atom is -0.461 e. The van der Waals surface area contributed by atoms with Crippen LogP contribution in [-0.4, -0.2) is 27.5 Å². The van der Waals surface area contributed by atoms with Crippen molar-refractivity contribution in [2.45, 2.75) is 13.8 Å². The molecule has 0 unspecified atom stereocenters. The Balaban J connectivity index is 2.34. The quantitative estimate of drug-likeness (QED) is 0.779. The highest BCUT2D eigenvalue weighted by Crippen LogP contribution is 2.25. The van der Waals surface area contributed by atoms with E-state index in [9.17, 15) is 4.79 Å². The summed E-state index contributed by atoms with van der Waals surface area (Å²) in [5.41, 5.74) is 1.02. The average molecular weight is 249 g/mol. The second kappa shape index (κ2) is 5.01. The van der Waals surface area contributed by atoms with E-state index in [4.69, 9.17) is 4.74 Å². The minimum absolute atomic E-state index is 0.344. The van der Waals surface area contributed by atoms with E-state index in [1.54, 1.807) is 25.5 Å². The van der Waals surface area contributed by atoms with E-state index in [1.165, 1.54) is 11.3 Å². The second-order valence-electron chi connectivity index (χ2n) is 3.23. The Morgan fingerprint density at radius 1 is 1.47 bits per heavy atom. The van der Waals surface area contributed by atoms with Gasteiger partial charge in [-0.15, -0.1) is 11.3 Å². The number of thiazole rings is 1. The van der Waals surface area contributed by atoms with Crippen molar-refractivity contribution in [3.05, 3.63) is 29.2 Å². The summed E-state index contributed by atoms with van der Waals surface area (Å²) in [6, 6.07) is 0. The largest absolute Gasteiger partial charge is 0.461 e. The van der Waals surface area contributed by atoms with E-state index in [2.05, 4.69) is 15.0 Å². The molecule has 0 aliphatic carbocycles. The maximum atomic E-state index is 11.6. The van der Waals surface area contributed by atoms with Crippen molar-refractivity contribution in [3.63, 3.8) is 0 Å². The van der Waals surface area contributed by atoms with Gasteiger partial charge in [-0.05, 0) is 13.8 Å². The lowest BCUT2D eigenvalue weighted by molar-refractivity contribution is 0.0519. The first-order chi connectivity index (χ1) is 8.22. The van der Waals surface area contributed by atoms with Gasteiger partial charge in [-0.25, -0.2) is 9.78 Å². The second-order valence-corrected chi connectivity index (χ2v) is 4.44. The number of hydrogen-bond donors (Lipinski definition) is 0. The molecule has 0 aliphatic heterocycles. The van der Waals surface area contributed by atoms with E-state index in [0.717, 1.165) is 4.88 Å². The van der Waals surface area contributed by atoms with Crippen molar-refractivity contribution < 1.29 is 9.53 Å². The summed E-state index contributed by atoms with van der Waals surface area (Å²) >= 11 is 1.41. The molecule has 17 heavy (non-hydrogen) atoms. The molecule has 0 amide bonds. The number of carbonyl (C=O) groups excluding carboxylic acids is 1. The van der Waals surface area contributed by atoms with Crippen LogP contribution in [0.15, 0.2) is 18.6 Å². The highest BCUT2D eigenvalue weighted by Gasteiger charge is 2.17. The van der Waals surface area contributed by atoms with Gasteiger partial charge in [-0.2, -0.15) is 0 Å². The van der Waals surface area contributed by atoms with Gasteiger partial charge < -0.3 is 4.74 Å². The maximum absolute atomic E-state index is 11.6. The predicted octanol–water partition coefficient (Wildman–Crippen LogP) is 2.09. The SMILES string of the molecule is CCOC(=O)c1nc(-c2cnccn2)sc1C. The van der Waals surface area contributed by atoms with Crippen LogP contribution in [0, 0.1) is 6.92 Å². The zero-order valence-electron chi connectivity index (χ0n) is 9.51. The number of rotatable bonds is 3. The molecule has 2 rings (SSSR count). The fraction of sp³-hybridized carbons (Fsp3) is 0.273. The Kier molecular flexibility index (Phi) is 3.43. The molecule has 6 heteroatoms. The Labute approximate surface area is 103 Å². The molecule has 5 nitrogen and oxygen atoms in total. The molecule has 0 aromatic carbocycles. The highest BCUT2D eigenvalue weighted by molar-refractivity contribution is 7.15. The predicted molar refractivity (Wildman–Crippen MR) is 63.8 cm³/mol. The van der Waals surface area contributed by atoms with Gasteiger partial charge in [0.2, 0.25) is 0 Å². The first-order valence-corrected chi connectivity index (χ1v) is 5.95. The molecule has 0 radical (unpaired) electrons. The van der Waals surface area contributed by atoms with Crippen molar-refractivity contribution >= 4 is 17.3 Å². The van der Waals surface area contributed by atoms with Crippen LogP contribution >= 0.6 is 11.3 Å². The van der Waals surface area contributed by atoms with Gasteiger partial charge in [-0.1, -0.05) is 0 Å². The summed E-state index contributed by atoms with van der Waals surface area (Å²) in [5, 5.41) is 0.679. The minimum atomic E-state index is -0.392. The van der Waals surface area contributed by atoms with Crippen LogP contribution in [0.1, 0.15) is 22.3 Å². The zero-order chi connectivity index (χ0) is 12.3. The van der Waals surface area contributed by atoms with Crippen molar-refractivity contribution in [3.8, 4) is 10.7 Å². The van der Waals surface area contributed by atoms with Crippen LogP contribution in [0.2, 0.25) is 0 Å². The van der Waals surface area contributed by atoms with Gasteiger partial charge in [0.25, 0.3) is 0 Å². The molecular formula is C11H11N3O2S. The summed E-state index contributed by atoms with van der Waals surface area (Å²) in [5.74, 6) is -0.392. The lowest BCUT2D eigenvalue weighted by atomic mass is 10.4. The average Bonchev–Trinajstić information content (AvgIpc) is 2.73. The summed E-state index contributed by atoms with van der Waals surface area (Å²) in [4.78, 5) is 24.8. The van der Waals surface area contributed by atoms with Crippen molar-refractivity contribution in [1.82, 2.24) is 15.0 Å². The third kappa shape index (κ3) is 2.47. The molecule has 2 heterocycles. The Hall–Kier alpha value is -1.82. The Morgan fingerprint density at radius 3 is 2.94 bits per heavy atom. The topological polar surface area (TPSA) is 65.0 Å². The molecule has 2 aromatic rings. The molecule has 88 valence electrons. The molecule has 0 atom stereocenters. The number of ether oxygens (including phenoxy) is 1. The molecule has 0 fully saturated rings. The number of carbonyl (C=O) groups is 1. The molecule has 0 saturated carbocycles. The van der Waals surface area contributed by atoms with E-state index in [0.29, 0.717) is 23.0 Å². The standard InChI is InChI=1S/C11H11N3O2S/c1-3-16-11(15)9-7(2)17-10(14-9)8-6-12-4-5-13-8/h4-6H,3H2,1-2H3. The summed E-state index contributed by atoms with van der Waals surface area (Å²) in [6.07, 6.45) is 4.81. The van der Waals surface area contributed by atoms with Crippen LogP contribution in [0.25, 0.3) is 10.7 Å². The van der Waals surface area contributed by atoms with E-state index in [1.807, 2.05) is 6.92 Å². The van der Waals surface area contributed by atoms with Gasteiger partial charge >= 0.3 is 5.97 Å². The zero-order valence-corrected chi connectivity index (χ0v) is 10.3. The molecule has 0 bridgehead atoms. The first-order valence-electron chi connectivity index (χ1n) is 5.13.